The highest BCUT2D eigenvalue weighted by Crippen LogP contribution is 2.08. The van der Waals surface area contributed by atoms with Crippen LogP contribution in [0.3, 0.4) is 0 Å². The predicted octanol–water partition coefficient (Wildman–Crippen LogP) is -0.884. The van der Waals surface area contributed by atoms with E-state index in [9.17, 15) is 19.2 Å². The normalized spacial score (nSPS) is 20.5. The van der Waals surface area contributed by atoms with Gasteiger partial charge in [0.1, 0.15) is 0 Å². The zero-order chi connectivity index (χ0) is 13.0. The molecule has 1 rings (SSSR count). The fourth-order valence-corrected chi connectivity index (χ4v) is 1.13. The van der Waals surface area contributed by atoms with Crippen molar-refractivity contribution in [3.8, 4) is 0 Å². The van der Waals surface area contributed by atoms with Crippen LogP contribution in [0, 0.1) is 0 Å². The first-order chi connectivity index (χ1) is 7.93. The predicted molar refractivity (Wildman–Crippen MR) is 50.6 cm³/mol. The average Bonchev–Trinajstić information content (AvgIpc) is 2.55. The van der Waals surface area contributed by atoms with Crippen molar-refractivity contribution < 1.29 is 33.4 Å². The second-order valence-corrected chi connectivity index (χ2v) is 3.26. The van der Waals surface area contributed by atoms with Crippen LogP contribution < -0.4 is 5.32 Å². The standard InChI is InChI=1S/C9H11NO7/c1-4(8(13)15-2)16-9(14)17-5-3-6(11)10-7(5)12/h4-5H,3H2,1-2H3,(H,10,11,12). The second kappa shape index (κ2) is 5.28. The number of ether oxygens (including phenoxy) is 3. The number of nitrogens with one attached hydrogen (secondary N) is 1. The highest BCUT2D eigenvalue weighted by molar-refractivity contribution is 6.05. The van der Waals surface area contributed by atoms with Gasteiger partial charge in [0.2, 0.25) is 5.91 Å². The maximum absolute atomic E-state index is 11.1. The van der Waals surface area contributed by atoms with Crippen LogP contribution in [0.1, 0.15) is 13.3 Å². The van der Waals surface area contributed by atoms with Crippen molar-refractivity contribution in [2.45, 2.75) is 25.6 Å². The van der Waals surface area contributed by atoms with E-state index in [0.29, 0.717) is 0 Å². The van der Waals surface area contributed by atoms with E-state index in [1.54, 1.807) is 0 Å². The van der Waals surface area contributed by atoms with Gasteiger partial charge in [0.15, 0.2) is 12.2 Å². The van der Waals surface area contributed by atoms with E-state index in [1.807, 2.05) is 5.32 Å². The minimum absolute atomic E-state index is 0.249. The fraction of sp³-hybridized carbons (Fsp3) is 0.556. The van der Waals surface area contributed by atoms with Gasteiger partial charge in [-0.2, -0.15) is 0 Å². The molecule has 8 heteroatoms. The Morgan fingerprint density at radius 1 is 1.41 bits per heavy atom. The van der Waals surface area contributed by atoms with E-state index >= 15 is 0 Å². The summed E-state index contributed by atoms with van der Waals surface area (Å²) in [5, 5.41) is 1.96. The molecule has 94 valence electrons. The summed E-state index contributed by atoms with van der Waals surface area (Å²) < 4.78 is 13.4. The Kier molecular flexibility index (Phi) is 4.02. The Morgan fingerprint density at radius 3 is 2.53 bits per heavy atom. The van der Waals surface area contributed by atoms with Crippen LogP contribution >= 0.6 is 0 Å². The molecule has 0 spiro atoms. The molecule has 1 aliphatic heterocycles. The van der Waals surface area contributed by atoms with Crippen LogP contribution in [0.5, 0.6) is 0 Å². The molecule has 8 nitrogen and oxygen atoms in total. The van der Waals surface area contributed by atoms with Gasteiger partial charge < -0.3 is 14.2 Å². The summed E-state index contributed by atoms with van der Waals surface area (Å²) >= 11 is 0. The van der Waals surface area contributed by atoms with E-state index in [4.69, 9.17) is 0 Å². The van der Waals surface area contributed by atoms with Crippen molar-refractivity contribution in [2.75, 3.05) is 7.11 Å². The minimum atomic E-state index is -1.21. The SMILES string of the molecule is COC(=O)C(C)OC(=O)OC1CC(=O)NC1=O. The molecule has 1 N–H and O–H groups in total. The molecule has 0 saturated carbocycles. The molecule has 0 aliphatic carbocycles. The summed E-state index contributed by atoms with van der Waals surface area (Å²) in [6.45, 7) is 1.28. The number of methoxy groups -OCH3 is 1. The van der Waals surface area contributed by atoms with Gasteiger partial charge >= 0.3 is 12.1 Å². The first kappa shape index (κ1) is 12.9. The first-order valence-electron chi connectivity index (χ1n) is 4.73. The summed E-state index contributed by atoms with van der Waals surface area (Å²) in [7, 11) is 1.14. The topological polar surface area (TPSA) is 108 Å². The van der Waals surface area contributed by atoms with Gasteiger partial charge in [-0.25, -0.2) is 9.59 Å². The van der Waals surface area contributed by atoms with Crippen LogP contribution in [0.15, 0.2) is 0 Å². The molecule has 0 bridgehead atoms. The number of hydrogen-bond donors (Lipinski definition) is 1. The molecular weight excluding hydrogens is 234 g/mol. The quantitative estimate of drug-likeness (QED) is 0.507. The molecule has 1 saturated heterocycles. The smallest absolute Gasteiger partial charge is 0.466 e. The Labute approximate surface area is 96.2 Å². The van der Waals surface area contributed by atoms with Gasteiger partial charge in [-0.05, 0) is 6.92 Å². The number of hydrogen-bond acceptors (Lipinski definition) is 7. The maximum atomic E-state index is 11.1. The van der Waals surface area contributed by atoms with E-state index in [1.165, 1.54) is 6.92 Å². The summed E-state index contributed by atoms with van der Waals surface area (Å²) in [6, 6.07) is 0. The van der Waals surface area contributed by atoms with Crippen molar-refractivity contribution in [1.82, 2.24) is 5.32 Å². The van der Waals surface area contributed by atoms with Crippen molar-refractivity contribution >= 4 is 23.9 Å². The maximum Gasteiger partial charge on any atom is 0.509 e. The van der Waals surface area contributed by atoms with Crippen molar-refractivity contribution in [1.29, 1.82) is 0 Å². The third kappa shape index (κ3) is 3.44. The van der Waals surface area contributed by atoms with Gasteiger partial charge in [-0.1, -0.05) is 0 Å². The van der Waals surface area contributed by atoms with Crippen LogP contribution in [0.4, 0.5) is 4.79 Å². The second-order valence-electron chi connectivity index (χ2n) is 3.26. The zero-order valence-corrected chi connectivity index (χ0v) is 9.22. The minimum Gasteiger partial charge on any atom is -0.466 e. The molecule has 2 amide bonds. The van der Waals surface area contributed by atoms with Crippen LogP contribution in [-0.4, -0.2) is 43.3 Å². The number of carbonyl (C=O) groups is 4. The third-order valence-electron chi connectivity index (χ3n) is 1.97. The lowest BCUT2D eigenvalue weighted by Crippen LogP contribution is -2.31. The Bertz CT molecular complexity index is 364. The average molecular weight is 245 g/mol. The molecule has 0 aromatic carbocycles. The van der Waals surface area contributed by atoms with Crippen LogP contribution in [0.2, 0.25) is 0 Å². The number of amides is 2. The number of esters is 1. The molecule has 0 aromatic heterocycles. The van der Waals surface area contributed by atoms with Gasteiger partial charge in [0, 0.05) is 0 Å². The third-order valence-corrected chi connectivity index (χ3v) is 1.97. The van der Waals surface area contributed by atoms with Gasteiger partial charge in [0.25, 0.3) is 5.91 Å². The number of carbonyl (C=O) groups excluding carboxylic acids is 4. The molecule has 1 heterocycles. The van der Waals surface area contributed by atoms with Gasteiger partial charge in [0.05, 0.1) is 13.5 Å². The molecule has 17 heavy (non-hydrogen) atoms. The molecule has 2 atom stereocenters. The van der Waals surface area contributed by atoms with Crippen LogP contribution in [-0.2, 0) is 28.6 Å². The summed E-state index contributed by atoms with van der Waals surface area (Å²) in [4.78, 5) is 43.9. The zero-order valence-electron chi connectivity index (χ0n) is 9.22. The number of imide groups is 1. The van der Waals surface area contributed by atoms with Gasteiger partial charge in [-0.15, -0.1) is 0 Å². The lowest BCUT2D eigenvalue weighted by atomic mass is 10.3. The summed E-state index contributed by atoms with van der Waals surface area (Å²) in [5.41, 5.74) is 0. The summed E-state index contributed by atoms with van der Waals surface area (Å²) in [5.74, 6) is -2.00. The molecule has 2 unspecified atom stereocenters. The Hall–Kier alpha value is -2.12. The fourth-order valence-electron chi connectivity index (χ4n) is 1.13. The van der Waals surface area contributed by atoms with Crippen LogP contribution in [0.25, 0.3) is 0 Å². The lowest BCUT2D eigenvalue weighted by Gasteiger charge is -2.12. The van der Waals surface area contributed by atoms with Crippen molar-refractivity contribution in [2.24, 2.45) is 0 Å². The molecular formula is C9H11NO7. The highest BCUT2D eigenvalue weighted by Gasteiger charge is 2.35. The Morgan fingerprint density at radius 2 is 2.06 bits per heavy atom. The van der Waals surface area contributed by atoms with E-state index in [-0.39, 0.29) is 6.42 Å². The van der Waals surface area contributed by atoms with Crippen molar-refractivity contribution in [3.05, 3.63) is 0 Å². The molecule has 0 radical (unpaired) electrons. The van der Waals surface area contributed by atoms with E-state index in [0.717, 1.165) is 7.11 Å². The largest absolute Gasteiger partial charge is 0.509 e. The first-order valence-corrected chi connectivity index (χ1v) is 4.73. The van der Waals surface area contributed by atoms with Crippen molar-refractivity contribution in [3.63, 3.8) is 0 Å². The highest BCUT2D eigenvalue weighted by atomic mass is 16.7. The number of rotatable bonds is 3. The van der Waals surface area contributed by atoms with E-state index in [2.05, 4.69) is 14.2 Å². The molecule has 1 aliphatic rings. The monoisotopic (exact) mass is 245 g/mol. The van der Waals surface area contributed by atoms with Gasteiger partial charge in [-0.3, -0.25) is 14.9 Å². The molecule has 0 aromatic rings. The summed E-state index contributed by atoms with van der Waals surface area (Å²) in [6.07, 6.45) is -3.81. The Balaban J connectivity index is 2.42. The molecule has 1 fully saturated rings. The lowest BCUT2D eigenvalue weighted by molar-refractivity contribution is -0.151. The van der Waals surface area contributed by atoms with E-state index < -0.39 is 36.1 Å².